The molecule has 1 aromatic carbocycles. The van der Waals surface area contributed by atoms with Crippen molar-refractivity contribution in [2.24, 2.45) is 0 Å². The van der Waals surface area contributed by atoms with Gasteiger partial charge in [-0.05, 0) is 24.6 Å². The molecule has 1 unspecified atom stereocenters. The number of nitrogens with one attached hydrogen (secondary N) is 1. The van der Waals surface area contributed by atoms with Crippen molar-refractivity contribution >= 4 is 40.6 Å². The summed E-state index contributed by atoms with van der Waals surface area (Å²) in [5, 5.41) is 12.2. The molecule has 4 N–H and O–H groups in total. The topological polar surface area (TPSA) is 75.3 Å². The average molecular weight is 289 g/mol. The maximum absolute atomic E-state index is 11.7. The first-order valence-corrected chi connectivity index (χ1v) is 7.03. The van der Waals surface area contributed by atoms with Gasteiger partial charge >= 0.3 is 0 Å². The zero-order valence-corrected chi connectivity index (χ0v) is 11.7. The molecule has 100 valence electrons. The van der Waals surface area contributed by atoms with E-state index < -0.39 is 0 Å². The molecule has 6 heteroatoms. The van der Waals surface area contributed by atoms with Crippen molar-refractivity contribution < 1.29 is 9.90 Å². The maximum atomic E-state index is 11.7. The third-order valence-corrected chi connectivity index (χ3v) is 3.85. The summed E-state index contributed by atoms with van der Waals surface area (Å²) in [5.74, 6) is 0.221. The number of halogens is 1. The van der Waals surface area contributed by atoms with Crippen LogP contribution in [-0.4, -0.2) is 28.6 Å². The first-order chi connectivity index (χ1) is 8.52. The molecule has 1 amide bonds. The Morgan fingerprint density at radius 3 is 2.94 bits per heavy atom. The molecule has 1 atom stereocenters. The lowest BCUT2D eigenvalue weighted by Gasteiger charge is -2.10. The van der Waals surface area contributed by atoms with Crippen molar-refractivity contribution in [1.29, 1.82) is 0 Å². The Hall–Kier alpha value is -0.910. The number of amides is 1. The van der Waals surface area contributed by atoms with E-state index in [2.05, 4.69) is 5.32 Å². The SMILES string of the molecule is CC(CCO)SCC(=O)Nc1ccc(N)cc1Cl. The van der Waals surface area contributed by atoms with Crippen LogP contribution in [0.5, 0.6) is 0 Å². The van der Waals surface area contributed by atoms with Crippen molar-refractivity contribution in [3.05, 3.63) is 23.2 Å². The molecule has 0 heterocycles. The van der Waals surface area contributed by atoms with Gasteiger partial charge in [0.1, 0.15) is 0 Å². The van der Waals surface area contributed by atoms with Gasteiger partial charge in [0.2, 0.25) is 5.91 Å². The van der Waals surface area contributed by atoms with E-state index in [4.69, 9.17) is 22.4 Å². The van der Waals surface area contributed by atoms with Crippen LogP contribution in [0.1, 0.15) is 13.3 Å². The molecule has 0 bridgehead atoms. The van der Waals surface area contributed by atoms with Crippen molar-refractivity contribution in [3.8, 4) is 0 Å². The molecule has 1 aromatic rings. The average Bonchev–Trinajstić information content (AvgIpc) is 2.31. The van der Waals surface area contributed by atoms with Gasteiger partial charge in [-0.3, -0.25) is 4.79 Å². The number of thioether (sulfide) groups is 1. The Balaban J connectivity index is 2.44. The second-order valence-corrected chi connectivity index (χ2v) is 5.76. The predicted octanol–water partition coefficient (Wildman–Crippen LogP) is 2.36. The van der Waals surface area contributed by atoms with Gasteiger partial charge in [-0.2, -0.15) is 0 Å². The fourth-order valence-electron chi connectivity index (χ4n) is 1.30. The molecule has 0 saturated heterocycles. The third-order valence-electron chi connectivity index (χ3n) is 2.30. The summed E-state index contributed by atoms with van der Waals surface area (Å²) in [5.41, 5.74) is 6.69. The van der Waals surface area contributed by atoms with E-state index in [-0.39, 0.29) is 17.8 Å². The second kappa shape index (κ2) is 7.51. The van der Waals surface area contributed by atoms with Gasteiger partial charge in [-0.25, -0.2) is 0 Å². The molecule has 0 aliphatic carbocycles. The molecule has 0 aliphatic heterocycles. The number of carbonyl (C=O) groups excluding carboxylic acids is 1. The number of nitrogens with two attached hydrogens (primary N) is 1. The molecule has 0 saturated carbocycles. The summed E-state index contributed by atoms with van der Waals surface area (Å²) in [6.45, 7) is 2.12. The van der Waals surface area contributed by atoms with Gasteiger partial charge in [0.25, 0.3) is 0 Å². The first-order valence-electron chi connectivity index (χ1n) is 5.60. The van der Waals surface area contributed by atoms with E-state index in [1.54, 1.807) is 18.2 Å². The van der Waals surface area contributed by atoms with E-state index >= 15 is 0 Å². The van der Waals surface area contributed by atoms with Crippen LogP contribution in [0.4, 0.5) is 11.4 Å². The second-order valence-electron chi connectivity index (χ2n) is 3.92. The number of rotatable bonds is 6. The largest absolute Gasteiger partial charge is 0.399 e. The van der Waals surface area contributed by atoms with Crippen LogP contribution in [0.2, 0.25) is 5.02 Å². The summed E-state index contributed by atoms with van der Waals surface area (Å²) in [6, 6.07) is 4.96. The lowest BCUT2D eigenvalue weighted by molar-refractivity contribution is -0.113. The lowest BCUT2D eigenvalue weighted by Crippen LogP contribution is -2.16. The number of nitrogen functional groups attached to an aromatic ring is 1. The molecule has 0 fully saturated rings. The molecule has 0 aliphatic rings. The Morgan fingerprint density at radius 1 is 1.61 bits per heavy atom. The highest BCUT2D eigenvalue weighted by Gasteiger charge is 2.09. The Kier molecular flexibility index (Phi) is 6.32. The fraction of sp³-hybridized carbons (Fsp3) is 0.417. The van der Waals surface area contributed by atoms with Crippen LogP contribution >= 0.6 is 23.4 Å². The number of carbonyl (C=O) groups is 1. The van der Waals surface area contributed by atoms with Crippen LogP contribution < -0.4 is 11.1 Å². The van der Waals surface area contributed by atoms with Gasteiger partial charge in [-0.15, -0.1) is 11.8 Å². The first kappa shape index (κ1) is 15.1. The molecular formula is C12H17ClN2O2S. The van der Waals surface area contributed by atoms with Crippen molar-refractivity contribution in [3.63, 3.8) is 0 Å². The van der Waals surface area contributed by atoms with E-state index in [1.165, 1.54) is 11.8 Å². The van der Waals surface area contributed by atoms with Crippen LogP contribution in [-0.2, 0) is 4.79 Å². The summed E-state index contributed by atoms with van der Waals surface area (Å²) < 4.78 is 0. The molecule has 0 spiro atoms. The normalized spacial score (nSPS) is 12.2. The zero-order valence-electron chi connectivity index (χ0n) is 10.1. The number of hydrogen-bond acceptors (Lipinski definition) is 4. The standard InChI is InChI=1S/C12H17ClN2O2S/c1-8(4-5-16)18-7-12(17)15-11-3-2-9(14)6-10(11)13/h2-3,6,8,16H,4-5,7,14H2,1H3,(H,15,17). The van der Waals surface area contributed by atoms with Crippen LogP contribution in [0, 0.1) is 0 Å². The van der Waals surface area contributed by atoms with Crippen molar-refractivity contribution in [1.82, 2.24) is 0 Å². The molecule has 0 radical (unpaired) electrons. The van der Waals surface area contributed by atoms with Crippen LogP contribution in [0.25, 0.3) is 0 Å². The smallest absolute Gasteiger partial charge is 0.234 e. The minimum atomic E-state index is -0.114. The molecule has 18 heavy (non-hydrogen) atoms. The quantitative estimate of drug-likeness (QED) is 0.703. The number of aliphatic hydroxyl groups excluding tert-OH is 1. The van der Waals surface area contributed by atoms with E-state index in [9.17, 15) is 4.79 Å². The zero-order chi connectivity index (χ0) is 13.5. The highest BCUT2D eigenvalue weighted by atomic mass is 35.5. The summed E-state index contributed by atoms with van der Waals surface area (Å²) >= 11 is 7.45. The van der Waals surface area contributed by atoms with E-state index in [0.717, 1.165) is 0 Å². The maximum Gasteiger partial charge on any atom is 0.234 e. The minimum Gasteiger partial charge on any atom is -0.399 e. The minimum absolute atomic E-state index is 0.114. The molecule has 1 rings (SSSR count). The highest BCUT2D eigenvalue weighted by molar-refractivity contribution is 8.00. The summed E-state index contributed by atoms with van der Waals surface area (Å²) in [7, 11) is 0. The monoisotopic (exact) mass is 288 g/mol. The highest BCUT2D eigenvalue weighted by Crippen LogP contribution is 2.24. The Bertz CT molecular complexity index is 415. The lowest BCUT2D eigenvalue weighted by atomic mass is 10.3. The number of anilines is 2. The molecular weight excluding hydrogens is 272 g/mol. The van der Waals surface area contributed by atoms with Crippen LogP contribution in [0.3, 0.4) is 0 Å². The molecule has 0 aromatic heterocycles. The van der Waals surface area contributed by atoms with Gasteiger partial charge in [0.05, 0.1) is 16.5 Å². The van der Waals surface area contributed by atoms with E-state index in [0.29, 0.717) is 28.6 Å². The Labute approximate surface area is 116 Å². The number of hydrogen-bond donors (Lipinski definition) is 3. The van der Waals surface area contributed by atoms with Crippen LogP contribution in [0.15, 0.2) is 18.2 Å². The number of benzene rings is 1. The van der Waals surface area contributed by atoms with Gasteiger partial charge < -0.3 is 16.2 Å². The van der Waals surface area contributed by atoms with Crippen molar-refractivity contribution in [2.75, 3.05) is 23.4 Å². The van der Waals surface area contributed by atoms with Gasteiger partial charge in [0.15, 0.2) is 0 Å². The van der Waals surface area contributed by atoms with Gasteiger partial charge in [-0.1, -0.05) is 18.5 Å². The van der Waals surface area contributed by atoms with Crippen molar-refractivity contribution in [2.45, 2.75) is 18.6 Å². The summed E-state index contributed by atoms with van der Waals surface area (Å²) in [6.07, 6.45) is 0.681. The third kappa shape index (κ3) is 5.16. The predicted molar refractivity (Wildman–Crippen MR) is 78.1 cm³/mol. The van der Waals surface area contributed by atoms with E-state index in [1.807, 2.05) is 6.92 Å². The molecule has 4 nitrogen and oxygen atoms in total. The fourth-order valence-corrected chi connectivity index (χ4v) is 2.32. The van der Waals surface area contributed by atoms with Gasteiger partial charge in [0, 0.05) is 17.5 Å². The number of aliphatic hydroxyl groups is 1. The summed E-state index contributed by atoms with van der Waals surface area (Å²) in [4.78, 5) is 11.7. The Morgan fingerprint density at radius 2 is 2.33 bits per heavy atom.